The lowest BCUT2D eigenvalue weighted by molar-refractivity contribution is -0.384. The van der Waals surface area contributed by atoms with Crippen LogP contribution in [0.25, 0.3) is 0 Å². The maximum atomic E-state index is 11.0. The lowest BCUT2D eigenvalue weighted by Crippen LogP contribution is -2.47. The normalized spacial score (nSPS) is 24.8. The molecule has 18 heavy (non-hydrogen) atoms. The summed E-state index contributed by atoms with van der Waals surface area (Å²) in [7, 11) is 0. The van der Waals surface area contributed by atoms with Crippen molar-refractivity contribution in [2.24, 2.45) is 0 Å². The quantitative estimate of drug-likeness (QED) is 0.660. The maximum absolute atomic E-state index is 11.0. The van der Waals surface area contributed by atoms with Gasteiger partial charge in [0.15, 0.2) is 0 Å². The van der Waals surface area contributed by atoms with Crippen LogP contribution in [0, 0.1) is 10.1 Å². The molecule has 0 amide bonds. The number of hydrogen-bond acceptors (Lipinski definition) is 4. The zero-order chi connectivity index (χ0) is 13.1. The number of para-hydroxylation sites is 2. The largest absolute Gasteiger partial charge is 0.312 e. The standard InChI is InChI=1S/C13H19N3O2/c1-10-6-5-7-11(2)15(10)14-12-8-3-4-9-13(12)16(17)18/h3-4,8-11,14H,5-7H2,1-2H3. The summed E-state index contributed by atoms with van der Waals surface area (Å²) >= 11 is 0. The minimum atomic E-state index is -0.346. The molecule has 98 valence electrons. The Morgan fingerprint density at radius 3 is 2.50 bits per heavy atom. The highest BCUT2D eigenvalue weighted by atomic mass is 16.6. The highest BCUT2D eigenvalue weighted by Gasteiger charge is 2.26. The van der Waals surface area contributed by atoms with Gasteiger partial charge in [-0.05, 0) is 32.8 Å². The predicted octanol–water partition coefficient (Wildman–Crippen LogP) is 3.18. The summed E-state index contributed by atoms with van der Waals surface area (Å²) in [6.07, 6.45) is 3.47. The van der Waals surface area contributed by atoms with Crippen molar-refractivity contribution in [2.45, 2.75) is 45.2 Å². The number of nitro benzene ring substituents is 1. The number of nitrogens with one attached hydrogen (secondary N) is 1. The van der Waals surface area contributed by atoms with Crippen molar-refractivity contribution < 1.29 is 4.92 Å². The second-order valence-corrected chi connectivity index (χ2v) is 4.92. The lowest BCUT2D eigenvalue weighted by atomic mass is 10.00. The van der Waals surface area contributed by atoms with Crippen LogP contribution in [0.4, 0.5) is 11.4 Å². The van der Waals surface area contributed by atoms with Gasteiger partial charge in [0.1, 0.15) is 5.69 Å². The van der Waals surface area contributed by atoms with E-state index in [1.165, 1.54) is 12.5 Å². The van der Waals surface area contributed by atoms with Gasteiger partial charge in [0.25, 0.3) is 5.69 Å². The number of anilines is 1. The Balaban J connectivity index is 2.20. The van der Waals surface area contributed by atoms with E-state index in [0.717, 1.165) is 12.8 Å². The molecule has 1 aliphatic heterocycles. The van der Waals surface area contributed by atoms with Crippen LogP contribution in [0.1, 0.15) is 33.1 Å². The van der Waals surface area contributed by atoms with Crippen LogP contribution in [-0.4, -0.2) is 22.0 Å². The first-order valence-corrected chi connectivity index (χ1v) is 6.38. The van der Waals surface area contributed by atoms with Gasteiger partial charge in [0.05, 0.1) is 4.92 Å². The van der Waals surface area contributed by atoms with Crippen LogP contribution in [0.15, 0.2) is 24.3 Å². The molecule has 0 saturated carbocycles. The van der Waals surface area contributed by atoms with Crippen molar-refractivity contribution in [3.05, 3.63) is 34.4 Å². The molecule has 1 aromatic carbocycles. The van der Waals surface area contributed by atoms with Gasteiger partial charge in [-0.2, -0.15) is 0 Å². The molecule has 0 radical (unpaired) electrons. The van der Waals surface area contributed by atoms with Crippen LogP contribution in [0.2, 0.25) is 0 Å². The molecule has 2 rings (SSSR count). The zero-order valence-electron chi connectivity index (χ0n) is 10.8. The minimum absolute atomic E-state index is 0.127. The van der Waals surface area contributed by atoms with Crippen LogP contribution in [-0.2, 0) is 0 Å². The lowest BCUT2D eigenvalue weighted by Gasteiger charge is -2.39. The Hall–Kier alpha value is -1.62. The molecule has 0 spiro atoms. The molecule has 1 saturated heterocycles. The summed E-state index contributed by atoms with van der Waals surface area (Å²) < 4.78 is 0. The highest BCUT2D eigenvalue weighted by molar-refractivity contribution is 5.60. The molecule has 1 N–H and O–H groups in total. The van der Waals surface area contributed by atoms with Gasteiger partial charge < -0.3 is 5.43 Å². The summed E-state index contributed by atoms with van der Waals surface area (Å²) in [5.41, 5.74) is 3.92. The maximum Gasteiger partial charge on any atom is 0.293 e. The first kappa shape index (κ1) is 12.8. The fraction of sp³-hybridized carbons (Fsp3) is 0.538. The van der Waals surface area contributed by atoms with Crippen molar-refractivity contribution >= 4 is 11.4 Å². The van der Waals surface area contributed by atoms with Crippen molar-refractivity contribution in [3.8, 4) is 0 Å². The van der Waals surface area contributed by atoms with Crippen molar-refractivity contribution in [1.82, 2.24) is 5.01 Å². The second-order valence-electron chi connectivity index (χ2n) is 4.92. The van der Waals surface area contributed by atoms with Gasteiger partial charge in [0, 0.05) is 18.2 Å². The summed E-state index contributed by atoms with van der Waals surface area (Å²) in [5, 5.41) is 13.1. The Kier molecular flexibility index (Phi) is 3.81. The number of rotatable bonds is 3. The monoisotopic (exact) mass is 249 g/mol. The molecule has 0 aromatic heterocycles. The molecule has 0 bridgehead atoms. The molecule has 1 aliphatic rings. The van der Waals surface area contributed by atoms with Gasteiger partial charge in [-0.15, -0.1) is 0 Å². The number of nitro groups is 1. The fourth-order valence-corrected chi connectivity index (χ4v) is 2.51. The van der Waals surface area contributed by atoms with Gasteiger partial charge in [-0.3, -0.25) is 10.1 Å². The third-order valence-electron chi connectivity index (χ3n) is 3.54. The first-order chi connectivity index (χ1) is 8.59. The number of hydrazine groups is 1. The van der Waals surface area contributed by atoms with E-state index in [-0.39, 0.29) is 10.6 Å². The third kappa shape index (κ3) is 2.61. The fourth-order valence-electron chi connectivity index (χ4n) is 2.51. The van der Waals surface area contributed by atoms with Gasteiger partial charge in [-0.25, -0.2) is 5.01 Å². The SMILES string of the molecule is CC1CCCC(C)N1Nc1ccccc1[N+](=O)[O-]. The van der Waals surface area contributed by atoms with Crippen molar-refractivity contribution in [2.75, 3.05) is 5.43 Å². The van der Waals surface area contributed by atoms with E-state index in [1.54, 1.807) is 12.1 Å². The van der Waals surface area contributed by atoms with Crippen LogP contribution >= 0.6 is 0 Å². The molecule has 2 unspecified atom stereocenters. The molecule has 1 fully saturated rings. The molecular formula is C13H19N3O2. The molecule has 1 heterocycles. The summed E-state index contributed by atoms with van der Waals surface area (Å²) in [6.45, 7) is 4.30. The topological polar surface area (TPSA) is 58.4 Å². The van der Waals surface area contributed by atoms with Crippen LogP contribution < -0.4 is 5.43 Å². The van der Waals surface area contributed by atoms with Crippen molar-refractivity contribution in [1.29, 1.82) is 0 Å². The van der Waals surface area contributed by atoms with E-state index >= 15 is 0 Å². The Morgan fingerprint density at radius 2 is 1.89 bits per heavy atom. The van der Waals surface area contributed by atoms with E-state index in [0.29, 0.717) is 17.8 Å². The van der Waals surface area contributed by atoms with E-state index in [4.69, 9.17) is 0 Å². The smallest absolute Gasteiger partial charge is 0.293 e. The van der Waals surface area contributed by atoms with Crippen molar-refractivity contribution in [3.63, 3.8) is 0 Å². The predicted molar refractivity (Wildman–Crippen MR) is 71.3 cm³/mol. The van der Waals surface area contributed by atoms with Crippen LogP contribution in [0.5, 0.6) is 0 Å². The molecule has 2 atom stereocenters. The average Bonchev–Trinajstić information content (AvgIpc) is 2.34. The number of nitrogens with zero attached hydrogens (tertiary/aromatic N) is 2. The minimum Gasteiger partial charge on any atom is -0.312 e. The third-order valence-corrected chi connectivity index (χ3v) is 3.54. The molecule has 1 aromatic rings. The average molecular weight is 249 g/mol. The van der Waals surface area contributed by atoms with Gasteiger partial charge in [0.2, 0.25) is 0 Å². The number of hydrogen-bond donors (Lipinski definition) is 1. The summed E-state index contributed by atoms with van der Waals surface area (Å²) in [5.74, 6) is 0. The number of benzene rings is 1. The van der Waals surface area contributed by atoms with E-state index in [1.807, 2.05) is 6.07 Å². The van der Waals surface area contributed by atoms with Crippen LogP contribution in [0.3, 0.4) is 0 Å². The summed E-state index contributed by atoms with van der Waals surface area (Å²) in [4.78, 5) is 10.6. The molecular weight excluding hydrogens is 230 g/mol. The summed E-state index contributed by atoms with van der Waals surface area (Å²) in [6, 6.07) is 7.58. The number of piperidine rings is 1. The Bertz CT molecular complexity index is 426. The molecule has 5 heteroatoms. The Labute approximate surface area is 107 Å². The molecule has 5 nitrogen and oxygen atoms in total. The Morgan fingerprint density at radius 1 is 1.28 bits per heavy atom. The van der Waals surface area contributed by atoms with Gasteiger partial charge >= 0.3 is 0 Å². The van der Waals surface area contributed by atoms with E-state index in [9.17, 15) is 10.1 Å². The van der Waals surface area contributed by atoms with Gasteiger partial charge in [-0.1, -0.05) is 18.6 Å². The zero-order valence-corrected chi connectivity index (χ0v) is 10.8. The van der Waals surface area contributed by atoms with E-state index in [2.05, 4.69) is 24.3 Å². The molecule has 0 aliphatic carbocycles. The van der Waals surface area contributed by atoms with E-state index < -0.39 is 0 Å². The highest BCUT2D eigenvalue weighted by Crippen LogP contribution is 2.28. The second kappa shape index (κ2) is 5.35. The first-order valence-electron chi connectivity index (χ1n) is 6.38.